The molecule has 0 aromatic carbocycles. The standard InChI is InChI=1S/C9H7F11O3/c1-2-3-21-4-5(10,11)22-8(17,18)9(19,20)23-7(15,16)6(12,13)14/h2H,1,3-4H2. The second kappa shape index (κ2) is 6.76. The molecular weight excluding hydrogens is 365 g/mol. The molecule has 0 radical (unpaired) electrons. The lowest BCUT2D eigenvalue weighted by Gasteiger charge is -2.31. The fourth-order valence-corrected chi connectivity index (χ4v) is 0.816. The van der Waals surface area contributed by atoms with Crippen LogP contribution in [0.15, 0.2) is 12.7 Å². The predicted molar refractivity (Wildman–Crippen MR) is 49.0 cm³/mol. The van der Waals surface area contributed by atoms with Crippen LogP contribution in [-0.4, -0.2) is 43.8 Å². The molecule has 0 saturated carbocycles. The maximum Gasteiger partial charge on any atom is 0.483 e. The highest BCUT2D eigenvalue weighted by molar-refractivity contribution is 4.75. The van der Waals surface area contributed by atoms with Crippen molar-refractivity contribution in [3.63, 3.8) is 0 Å². The lowest BCUT2D eigenvalue weighted by molar-refractivity contribution is -0.537. The van der Waals surface area contributed by atoms with E-state index in [2.05, 4.69) is 16.1 Å². The maximum absolute atomic E-state index is 12.8. The summed E-state index contributed by atoms with van der Waals surface area (Å²) in [6, 6.07) is 0. The summed E-state index contributed by atoms with van der Waals surface area (Å²) >= 11 is 0. The zero-order chi connectivity index (χ0) is 18.7. The first-order valence-corrected chi connectivity index (χ1v) is 5.14. The summed E-state index contributed by atoms with van der Waals surface area (Å²) in [5.41, 5.74) is 0. The molecule has 3 nitrogen and oxygen atoms in total. The topological polar surface area (TPSA) is 27.7 Å². The van der Waals surface area contributed by atoms with Crippen LogP contribution in [0.4, 0.5) is 48.3 Å². The van der Waals surface area contributed by atoms with Gasteiger partial charge in [0.25, 0.3) is 0 Å². The van der Waals surface area contributed by atoms with Gasteiger partial charge in [0.1, 0.15) is 6.61 Å². The van der Waals surface area contributed by atoms with Gasteiger partial charge in [-0.05, 0) is 0 Å². The van der Waals surface area contributed by atoms with Gasteiger partial charge in [0.15, 0.2) is 0 Å². The van der Waals surface area contributed by atoms with E-state index < -0.39 is 43.8 Å². The normalized spacial score (nSPS) is 14.9. The highest BCUT2D eigenvalue weighted by Gasteiger charge is 2.72. The molecule has 0 amide bonds. The zero-order valence-corrected chi connectivity index (χ0v) is 10.6. The van der Waals surface area contributed by atoms with Crippen molar-refractivity contribution in [2.45, 2.75) is 30.6 Å². The molecule has 14 heteroatoms. The number of ether oxygens (including phenoxy) is 3. The van der Waals surface area contributed by atoms with E-state index in [1.54, 1.807) is 4.74 Å². The van der Waals surface area contributed by atoms with Crippen LogP contribution in [0.3, 0.4) is 0 Å². The van der Waals surface area contributed by atoms with E-state index in [9.17, 15) is 48.3 Å². The molecule has 0 heterocycles. The molecule has 0 rings (SSSR count). The van der Waals surface area contributed by atoms with Crippen molar-refractivity contribution < 1.29 is 62.5 Å². The third kappa shape index (κ3) is 6.10. The van der Waals surface area contributed by atoms with Crippen molar-refractivity contribution in [2.75, 3.05) is 13.2 Å². The Bertz CT molecular complexity index is 404. The molecule has 0 unspecified atom stereocenters. The quantitative estimate of drug-likeness (QED) is 0.346. The van der Waals surface area contributed by atoms with Gasteiger partial charge in [0.05, 0.1) is 6.61 Å². The lowest BCUT2D eigenvalue weighted by atomic mass is 10.5. The lowest BCUT2D eigenvalue weighted by Crippen LogP contribution is -2.55. The number of hydrogen-bond donors (Lipinski definition) is 0. The van der Waals surface area contributed by atoms with Crippen molar-refractivity contribution in [3.8, 4) is 0 Å². The summed E-state index contributed by atoms with van der Waals surface area (Å²) in [6.45, 7) is 0.278. The summed E-state index contributed by atoms with van der Waals surface area (Å²) in [7, 11) is 0. The van der Waals surface area contributed by atoms with E-state index in [-0.39, 0.29) is 0 Å². The largest absolute Gasteiger partial charge is 0.483 e. The fraction of sp³-hybridized carbons (Fsp3) is 0.778. The predicted octanol–water partition coefficient (Wildman–Crippen LogP) is 4.16. The molecule has 0 aliphatic carbocycles. The smallest absolute Gasteiger partial charge is 0.368 e. The minimum Gasteiger partial charge on any atom is -0.368 e. The van der Waals surface area contributed by atoms with Gasteiger partial charge in [-0.1, -0.05) is 6.08 Å². The zero-order valence-electron chi connectivity index (χ0n) is 10.6. The molecule has 0 aromatic rings. The molecule has 23 heavy (non-hydrogen) atoms. The summed E-state index contributed by atoms with van der Waals surface area (Å²) in [4.78, 5) is 0. The number of halogens is 11. The Hall–Kier alpha value is -1.15. The number of hydrogen-bond acceptors (Lipinski definition) is 3. The molecule has 0 aromatic heterocycles. The Labute approximate surface area is 120 Å². The monoisotopic (exact) mass is 372 g/mol. The fourth-order valence-electron chi connectivity index (χ4n) is 0.816. The highest BCUT2D eigenvalue weighted by Crippen LogP contribution is 2.47. The average molecular weight is 372 g/mol. The number of rotatable bonds is 9. The Morgan fingerprint density at radius 1 is 0.696 bits per heavy atom. The number of alkyl halides is 11. The molecule has 0 saturated heterocycles. The van der Waals surface area contributed by atoms with Crippen molar-refractivity contribution in [2.24, 2.45) is 0 Å². The molecule has 0 spiro atoms. The molecule has 0 N–H and O–H groups in total. The van der Waals surface area contributed by atoms with E-state index in [1.807, 2.05) is 0 Å². The van der Waals surface area contributed by atoms with Crippen LogP contribution in [0.1, 0.15) is 0 Å². The minimum atomic E-state index is -6.80. The third-order valence-corrected chi connectivity index (χ3v) is 1.71. The van der Waals surface area contributed by atoms with Crippen molar-refractivity contribution in [1.29, 1.82) is 0 Å². The second-order valence-electron chi connectivity index (χ2n) is 3.69. The third-order valence-electron chi connectivity index (χ3n) is 1.71. The van der Waals surface area contributed by atoms with Crippen LogP contribution < -0.4 is 0 Å². The van der Waals surface area contributed by atoms with Crippen LogP contribution >= 0.6 is 0 Å². The molecule has 0 atom stereocenters. The van der Waals surface area contributed by atoms with E-state index in [0.717, 1.165) is 6.08 Å². The van der Waals surface area contributed by atoms with Gasteiger partial charge in [-0.15, -0.1) is 6.58 Å². The Kier molecular flexibility index (Phi) is 6.43. The van der Waals surface area contributed by atoms with Gasteiger partial charge >= 0.3 is 30.6 Å². The first-order chi connectivity index (χ1) is 9.97. The van der Waals surface area contributed by atoms with Crippen molar-refractivity contribution in [3.05, 3.63) is 12.7 Å². The van der Waals surface area contributed by atoms with E-state index in [0.29, 0.717) is 0 Å². The Balaban J connectivity index is 5.12. The van der Waals surface area contributed by atoms with Gasteiger partial charge < -0.3 is 4.74 Å². The second-order valence-corrected chi connectivity index (χ2v) is 3.69. The summed E-state index contributed by atoms with van der Waals surface area (Å²) in [5, 5.41) is 0. The molecule has 0 aliphatic heterocycles. The van der Waals surface area contributed by atoms with Crippen molar-refractivity contribution in [1.82, 2.24) is 0 Å². The van der Waals surface area contributed by atoms with Gasteiger partial charge in [-0.25, -0.2) is 9.47 Å². The molecule has 138 valence electrons. The molecular formula is C9H7F11O3. The minimum absolute atomic E-state index is 0.649. The van der Waals surface area contributed by atoms with Gasteiger partial charge in [-0.3, -0.25) is 0 Å². The van der Waals surface area contributed by atoms with E-state index in [4.69, 9.17) is 0 Å². The van der Waals surface area contributed by atoms with Crippen LogP contribution in [0.2, 0.25) is 0 Å². The van der Waals surface area contributed by atoms with Gasteiger partial charge in [0, 0.05) is 0 Å². The maximum atomic E-state index is 12.8. The van der Waals surface area contributed by atoms with Crippen LogP contribution in [0.25, 0.3) is 0 Å². The van der Waals surface area contributed by atoms with Crippen LogP contribution in [0, 0.1) is 0 Å². The van der Waals surface area contributed by atoms with Crippen molar-refractivity contribution >= 4 is 0 Å². The first kappa shape index (κ1) is 21.9. The highest BCUT2D eigenvalue weighted by atomic mass is 19.4. The molecule has 0 bridgehead atoms. The Morgan fingerprint density at radius 2 is 1.13 bits per heavy atom. The Morgan fingerprint density at radius 3 is 1.52 bits per heavy atom. The molecule has 0 fully saturated rings. The van der Waals surface area contributed by atoms with E-state index >= 15 is 0 Å². The average Bonchev–Trinajstić information content (AvgIpc) is 2.23. The van der Waals surface area contributed by atoms with Crippen LogP contribution in [0.5, 0.6) is 0 Å². The molecule has 0 aliphatic rings. The summed E-state index contributed by atoms with van der Waals surface area (Å²) in [5.74, 6) is 0. The first-order valence-electron chi connectivity index (χ1n) is 5.14. The summed E-state index contributed by atoms with van der Waals surface area (Å²) < 4.78 is 144. The van der Waals surface area contributed by atoms with E-state index in [1.165, 1.54) is 0 Å². The van der Waals surface area contributed by atoms with Gasteiger partial charge in [0.2, 0.25) is 0 Å². The van der Waals surface area contributed by atoms with Gasteiger partial charge in [-0.2, -0.15) is 48.3 Å². The summed E-state index contributed by atoms with van der Waals surface area (Å²) in [6.07, 6.45) is -31.1. The SMILES string of the molecule is C=CCOCC(F)(F)OC(F)(F)C(F)(F)OC(F)(F)C(F)(F)F. The van der Waals surface area contributed by atoms with Crippen LogP contribution in [-0.2, 0) is 14.2 Å².